The molecule has 1 radical (unpaired) electrons. The van der Waals surface area contributed by atoms with E-state index in [9.17, 15) is 4.79 Å². The van der Waals surface area contributed by atoms with Crippen molar-refractivity contribution in [2.24, 2.45) is 5.11 Å². The second-order valence-corrected chi connectivity index (χ2v) is 4.62. The zero-order valence-electron chi connectivity index (χ0n) is 11.4. The molecule has 0 aliphatic carbocycles. The van der Waals surface area contributed by atoms with Gasteiger partial charge in [0.1, 0.15) is 0 Å². The molecule has 1 aromatic carbocycles. The van der Waals surface area contributed by atoms with Gasteiger partial charge < -0.3 is 10.2 Å². The summed E-state index contributed by atoms with van der Waals surface area (Å²) in [5.74, 6) is -0.157. The fourth-order valence-electron chi connectivity index (χ4n) is 1.75. The molecule has 0 saturated carbocycles. The molecule has 1 amide bonds. The molecule has 101 valence electrons. The van der Waals surface area contributed by atoms with Crippen molar-refractivity contribution in [3.05, 3.63) is 48.1 Å². The third-order valence-corrected chi connectivity index (χ3v) is 2.83. The summed E-state index contributed by atoms with van der Waals surface area (Å²) in [6, 6.07) is 8.06. The number of carbonyl (C=O) groups is 1. The van der Waals surface area contributed by atoms with E-state index in [4.69, 9.17) is 0 Å². The largest absolute Gasteiger partial charge is 0.378 e. The molecule has 5 heteroatoms. The summed E-state index contributed by atoms with van der Waals surface area (Å²) in [6.45, 7) is 2.25. The average molecular weight is 260 g/mol. The molecule has 1 aromatic rings. The molecule has 1 N–H and O–H groups in total. The average Bonchev–Trinajstić information content (AvgIpc) is 2.83. The molecule has 1 aliphatic heterocycles. The van der Waals surface area contributed by atoms with Gasteiger partial charge in [-0.2, -0.15) is 0 Å². The minimum Gasteiger partial charge on any atom is -0.378 e. The zero-order valence-corrected chi connectivity index (χ0v) is 11.4. The lowest BCUT2D eigenvalue weighted by Crippen LogP contribution is -2.23. The first-order valence-electron chi connectivity index (χ1n) is 6.10. The molecular formula is C14H20N4O+. The summed E-state index contributed by atoms with van der Waals surface area (Å²) in [6.07, 6.45) is 1.70. The predicted octanol–water partition coefficient (Wildman–Crippen LogP) is 1.77. The molecule has 0 saturated heterocycles. The lowest BCUT2D eigenvalue weighted by Gasteiger charge is -2.13. The van der Waals surface area contributed by atoms with Crippen LogP contribution in [0.25, 0.3) is 0 Å². The smallest absolute Gasteiger partial charge is 0.276 e. The highest BCUT2D eigenvalue weighted by Gasteiger charge is 2.19. The van der Waals surface area contributed by atoms with Gasteiger partial charge in [0, 0.05) is 38.9 Å². The Morgan fingerprint density at radius 2 is 2.26 bits per heavy atom. The Morgan fingerprint density at radius 1 is 1.47 bits per heavy atom. The lowest BCUT2D eigenvalue weighted by atomic mass is 10.2. The SMILES string of the molecule is CN(C)c1cccc(CNC(=O)C2=C[CH][N+](C)=N2)c1.[HH]. The zero-order chi connectivity index (χ0) is 13.8. The molecule has 0 bridgehead atoms. The Balaban J connectivity index is 0.00000200. The third kappa shape index (κ3) is 3.40. The summed E-state index contributed by atoms with van der Waals surface area (Å²) >= 11 is 0. The fourth-order valence-corrected chi connectivity index (χ4v) is 1.75. The molecule has 5 nitrogen and oxygen atoms in total. The van der Waals surface area contributed by atoms with Gasteiger partial charge in [0.25, 0.3) is 12.5 Å². The normalized spacial score (nSPS) is 13.8. The van der Waals surface area contributed by atoms with Gasteiger partial charge >= 0.3 is 0 Å². The predicted molar refractivity (Wildman–Crippen MR) is 75.7 cm³/mol. The number of rotatable bonds is 4. The van der Waals surface area contributed by atoms with Crippen LogP contribution in [0.1, 0.15) is 6.99 Å². The molecule has 0 unspecified atom stereocenters. The molecule has 1 heterocycles. The van der Waals surface area contributed by atoms with Gasteiger partial charge in [0.2, 0.25) is 0 Å². The number of hydrogen-bond donors (Lipinski definition) is 1. The van der Waals surface area contributed by atoms with E-state index < -0.39 is 0 Å². The second kappa shape index (κ2) is 5.65. The molecule has 0 atom stereocenters. The number of carbonyl (C=O) groups excluding carboxylic acids is 1. The van der Waals surface area contributed by atoms with Gasteiger partial charge in [-0.05, 0) is 17.7 Å². The van der Waals surface area contributed by atoms with Gasteiger partial charge in [-0.15, -0.1) is 4.70 Å². The van der Waals surface area contributed by atoms with Crippen LogP contribution in [0.15, 0.2) is 41.2 Å². The third-order valence-electron chi connectivity index (χ3n) is 2.83. The molecule has 0 fully saturated rings. The van der Waals surface area contributed by atoms with Crippen molar-refractivity contribution in [3.63, 3.8) is 0 Å². The van der Waals surface area contributed by atoms with Crippen molar-refractivity contribution in [1.82, 2.24) is 5.32 Å². The number of nitrogens with one attached hydrogen (secondary N) is 1. The van der Waals surface area contributed by atoms with E-state index in [1.165, 1.54) is 0 Å². The van der Waals surface area contributed by atoms with Crippen LogP contribution in [0.3, 0.4) is 0 Å². The van der Waals surface area contributed by atoms with Gasteiger partial charge in [-0.25, -0.2) is 0 Å². The van der Waals surface area contributed by atoms with Gasteiger partial charge in [0.05, 0.1) is 0 Å². The van der Waals surface area contributed by atoms with Crippen molar-refractivity contribution in [3.8, 4) is 0 Å². The number of amides is 1. The van der Waals surface area contributed by atoms with E-state index >= 15 is 0 Å². The van der Waals surface area contributed by atoms with Crippen molar-refractivity contribution in [1.29, 1.82) is 0 Å². The number of nitrogens with zero attached hydrogens (tertiary/aromatic N) is 3. The quantitative estimate of drug-likeness (QED) is 0.839. The summed E-state index contributed by atoms with van der Waals surface area (Å²) in [7, 11) is 5.77. The van der Waals surface area contributed by atoms with Gasteiger partial charge in [-0.3, -0.25) is 4.79 Å². The standard InChI is InChI=1S/C14H18N4O.H2/c1-17(2)12-6-4-5-11(9-12)10-15-14(19)13-7-8-18(3)16-13;/h4-9H,10H2,1-3H3,(H,15,19);1H/q+1;. The monoisotopic (exact) mass is 260 g/mol. The topological polar surface area (TPSA) is 47.7 Å². The maximum atomic E-state index is 11.9. The van der Waals surface area contributed by atoms with Crippen LogP contribution in [-0.2, 0) is 11.3 Å². The number of anilines is 1. The Morgan fingerprint density at radius 3 is 2.89 bits per heavy atom. The Bertz CT molecular complexity index is 552. The first kappa shape index (κ1) is 13.3. The van der Waals surface area contributed by atoms with Crippen LogP contribution in [-0.4, -0.2) is 31.7 Å². The summed E-state index contributed by atoms with van der Waals surface area (Å²) in [5, 5.41) is 6.93. The highest BCUT2D eigenvalue weighted by atomic mass is 16.2. The van der Waals surface area contributed by atoms with Crippen LogP contribution < -0.4 is 10.2 Å². The van der Waals surface area contributed by atoms with E-state index in [-0.39, 0.29) is 7.33 Å². The van der Waals surface area contributed by atoms with Crippen LogP contribution in [0.2, 0.25) is 0 Å². The Hall–Kier alpha value is -2.17. The van der Waals surface area contributed by atoms with E-state index in [0.717, 1.165) is 11.3 Å². The summed E-state index contributed by atoms with van der Waals surface area (Å²) in [5.41, 5.74) is 2.62. The van der Waals surface area contributed by atoms with E-state index in [1.54, 1.807) is 24.4 Å². The van der Waals surface area contributed by atoms with Crippen molar-refractivity contribution in [2.75, 3.05) is 26.0 Å². The molecule has 2 rings (SSSR count). The van der Waals surface area contributed by atoms with E-state index in [1.807, 2.05) is 37.2 Å². The number of hydrogen-bond acceptors (Lipinski definition) is 3. The van der Waals surface area contributed by atoms with Crippen molar-refractivity contribution in [2.45, 2.75) is 6.54 Å². The number of likely N-dealkylation sites (N-methyl/N-ethyl adjacent to an activating group) is 1. The first-order valence-corrected chi connectivity index (χ1v) is 6.10. The van der Waals surface area contributed by atoms with Crippen LogP contribution in [0, 0.1) is 6.54 Å². The first-order chi connectivity index (χ1) is 9.06. The highest BCUT2D eigenvalue weighted by molar-refractivity contribution is 5.93. The maximum absolute atomic E-state index is 11.9. The lowest BCUT2D eigenvalue weighted by molar-refractivity contribution is -0.512. The molecule has 0 aromatic heterocycles. The van der Waals surface area contributed by atoms with Crippen LogP contribution >= 0.6 is 0 Å². The molecule has 19 heavy (non-hydrogen) atoms. The summed E-state index contributed by atoms with van der Waals surface area (Å²) in [4.78, 5) is 13.9. The maximum Gasteiger partial charge on any atom is 0.276 e. The van der Waals surface area contributed by atoms with E-state index in [0.29, 0.717) is 12.2 Å². The molecular weight excluding hydrogens is 240 g/mol. The van der Waals surface area contributed by atoms with Gasteiger partial charge in [0.15, 0.2) is 12.7 Å². The van der Waals surface area contributed by atoms with E-state index in [2.05, 4.69) is 16.5 Å². The number of benzene rings is 1. The molecule has 1 aliphatic rings. The number of azo groups is 2. The minimum atomic E-state index is -0.157. The van der Waals surface area contributed by atoms with Crippen molar-refractivity contribution >= 4 is 11.6 Å². The molecule has 0 spiro atoms. The van der Waals surface area contributed by atoms with Gasteiger partial charge in [-0.1, -0.05) is 12.1 Å². The minimum absolute atomic E-state index is 0. The Labute approximate surface area is 114 Å². The summed E-state index contributed by atoms with van der Waals surface area (Å²) < 4.78 is 1.61. The Kier molecular flexibility index (Phi) is 3.94. The second-order valence-electron chi connectivity index (χ2n) is 4.62. The van der Waals surface area contributed by atoms with Crippen LogP contribution in [0.5, 0.6) is 0 Å². The highest BCUT2D eigenvalue weighted by Crippen LogP contribution is 2.13. The van der Waals surface area contributed by atoms with Crippen molar-refractivity contribution < 1.29 is 10.9 Å². The van der Waals surface area contributed by atoms with Crippen LogP contribution in [0.4, 0.5) is 5.69 Å². The fraction of sp³-hybridized carbons (Fsp3) is 0.286.